The third kappa shape index (κ3) is 4.57. The second kappa shape index (κ2) is 10.5. The average molecular weight is 577 g/mol. The quantitative estimate of drug-likeness (QED) is 0.197. The highest BCUT2D eigenvalue weighted by Gasteiger charge is 2.18. The molecule has 0 bridgehead atoms. The van der Waals surface area contributed by atoms with Gasteiger partial charge in [-0.15, -0.1) is 0 Å². The lowest BCUT2D eigenvalue weighted by Gasteiger charge is -2.28. The van der Waals surface area contributed by atoms with E-state index in [0.29, 0.717) is 0 Å². The van der Waals surface area contributed by atoms with E-state index in [4.69, 9.17) is 0 Å². The molecule has 0 saturated carbocycles. The molecule has 7 aromatic rings. The number of hydrogen-bond donors (Lipinski definition) is 0. The van der Waals surface area contributed by atoms with Gasteiger partial charge in [-0.05, 0) is 80.9 Å². The molecule has 0 N–H and O–H groups in total. The molecule has 0 radical (unpaired) electrons. The van der Waals surface area contributed by atoms with E-state index >= 15 is 0 Å². The SMILES string of the molecule is Brc1ccc(-c2ccc(N(c3ccc4ccccc4c3)c3ccc(-c4ccccc4)c4ccccc34)cc2)cc1. The summed E-state index contributed by atoms with van der Waals surface area (Å²) in [6.45, 7) is 0. The van der Waals surface area contributed by atoms with E-state index in [1.807, 2.05) is 0 Å². The third-order valence-corrected chi connectivity index (χ3v) is 8.05. The lowest BCUT2D eigenvalue weighted by atomic mass is 9.96. The fraction of sp³-hybridized carbons (Fsp3) is 0. The summed E-state index contributed by atoms with van der Waals surface area (Å²) in [4.78, 5) is 2.38. The fourth-order valence-corrected chi connectivity index (χ4v) is 5.80. The predicted octanol–water partition coefficient (Wildman–Crippen LogP) is 11.6. The second-order valence-electron chi connectivity index (χ2n) is 9.96. The van der Waals surface area contributed by atoms with Crippen LogP contribution in [0.4, 0.5) is 17.1 Å². The highest BCUT2D eigenvalue weighted by Crippen LogP contribution is 2.43. The number of benzene rings is 7. The molecule has 7 aromatic carbocycles. The fourth-order valence-electron chi connectivity index (χ4n) is 5.54. The van der Waals surface area contributed by atoms with Crippen molar-refractivity contribution in [1.82, 2.24) is 0 Å². The molecule has 0 amide bonds. The van der Waals surface area contributed by atoms with Gasteiger partial charge in [0, 0.05) is 21.2 Å². The Morgan fingerprint density at radius 2 is 1.00 bits per heavy atom. The van der Waals surface area contributed by atoms with Gasteiger partial charge in [0.05, 0.1) is 5.69 Å². The molecule has 0 atom stereocenters. The van der Waals surface area contributed by atoms with Gasteiger partial charge in [0.25, 0.3) is 0 Å². The van der Waals surface area contributed by atoms with Crippen LogP contribution < -0.4 is 4.90 Å². The lowest BCUT2D eigenvalue weighted by molar-refractivity contribution is 1.30. The van der Waals surface area contributed by atoms with Crippen LogP contribution in [0.25, 0.3) is 43.8 Å². The van der Waals surface area contributed by atoms with Crippen molar-refractivity contribution in [1.29, 1.82) is 0 Å². The summed E-state index contributed by atoms with van der Waals surface area (Å²) < 4.78 is 1.08. The first kappa shape index (κ1) is 24.4. The molecule has 0 fully saturated rings. The van der Waals surface area contributed by atoms with Crippen molar-refractivity contribution in [2.24, 2.45) is 0 Å². The molecule has 0 saturated heterocycles. The molecule has 0 aliphatic rings. The Hall–Kier alpha value is -4.66. The molecule has 0 spiro atoms. The van der Waals surface area contributed by atoms with Crippen molar-refractivity contribution in [3.8, 4) is 22.3 Å². The topological polar surface area (TPSA) is 3.24 Å². The Kier molecular flexibility index (Phi) is 6.39. The standard InChI is InChI=1S/C38H26BrN/c39-32-19-14-28(15-20-32)29-16-21-33(22-17-29)40(34-23-18-27-8-4-5-11-31(27)26-34)38-25-24-35(30-9-2-1-3-10-30)36-12-6-7-13-37(36)38/h1-26H. The van der Waals surface area contributed by atoms with Gasteiger partial charge in [-0.1, -0.05) is 131 Å². The summed E-state index contributed by atoms with van der Waals surface area (Å²) >= 11 is 3.55. The van der Waals surface area contributed by atoms with Crippen LogP contribution in [0.2, 0.25) is 0 Å². The van der Waals surface area contributed by atoms with Crippen LogP contribution in [0.3, 0.4) is 0 Å². The van der Waals surface area contributed by atoms with Gasteiger partial charge in [-0.25, -0.2) is 0 Å². The number of hydrogen-bond acceptors (Lipinski definition) is 1. The molecule has 1 nitrogen and oxygen atoms in total. The minimum absolute atomic E-state index is 1.08. The van der Waals surface area contributed by atoms with Crippen molar-refractivity contribution < 1.29 is 0 Å². The van der Waals surface area contributed by atoms with Crippen molar-refractivity contribution >= 4 is 54.5 Å². The number of rotatable bonds is 5. The zero-order valence-electron chi connectivity index (χ0n) is 21.8. The summed E-state index contributed by atoms with van der Waals surface area (Å²) in [7, 11) is 0. The lowest BCUT2D eigenvalue weighted by Crippen LogP contribution is -2.10. The Morgan fingerprint density at radius 1 is 0.400 bits per heavy atom. The van der Waals surface area contributed by atoms with Gasteiger partial charge < -0.3 is 4.90 Å². The number of nitrogens with zero attached hydrogens (tertiary/aromatic N) is 1. The number of anilines is 3. The van der Waals surface area contributed by atoms with E-state index in [-0.39, 0.29) is 0 Å². The van der Waals surface area contributed by atoms with Crippen LogP contribution in [0.15, 0.2) is 162 Å². The van der Waals surface area contributed by atoms with Gasteiger partial charge >= 0.3 is 0 Å². The van der Waals surface area contributed by atoms with Crippen LogP contribution in [0.5, 0.6) is 0 Å². The van der Waals surface area contributed by atoms with Crippen molar-refractivity contribution in [2.45, 2.75) is 0 Å². The van der Waals surface area contributed by atoms with Crippen molar-refractivity contribution in [3.05, 3.63) is 162 Å². The van der Waals surface area contributed by atoms with Gasteiger partial charge in [-0.3, -0.25) is 0 Å². The van der Waals surface area contributed by atoms with E-state index in [2.05, 4.69) is 179 Å². The Balaban J connectivity index is 1.42. The maximum Gasteiger partial charge on any atom is 0.0540 e. The summed E-state index contributed by atoms with van der Waals surface area (Å²) in [5, 5.41) is 4.92. The summed E-state index contributed by atoms with van der Waals surface area (Å²) in [5.74, 6) is 0. The largest absolute Gasteiger partial charge is 0.310 e. The van der Waals surface area contributed by atoms with E-state index in [1.54, 1.807) is 0 Å². The molecular formula is C38H26BrN. The average Bonchev–Trinajstić information content (AvgIpc) is 3.02. The summed E-state index contributed by atoms with van der Waals surface area (Å²) in [6.07, 6.45) is 0. The Bertz CT molecular complexity index is 1940. The van der Waals surface area contributed by atoms with Gasteiger partial charge in [0.15, 0.2) is 0 Å². The second-order valence-corrected chi connectivity index (χ2v) is 10.9. The predicted molar refractivity (Wildman–Crippen MR) is 175 cm³/mol. The number of fused-ring (bicyclic) bond motifs is 2. The van der Waals surface area contributed by atoms with Crippen LogP contribution in [0, 0.1) is 0 Å². The normalized spacial score (nSPS) is 11.1. The molecule has 190 valence electrons. The molecular weight excluding hydrogens is 550 g/mol. The zero-order chi connectivity index (χ0) is 26.9. The van der Waals surface area contributed by atoms with Crippen LogP contribution in [-0.4, -0.2) is 0 Å². The summed E-state index contributed by atoms with van der Waals surface area (Å²) in [6, 6.07) is 56.6. The first-order valence-corrected chi connectivity index (χ1v) is 14.3. The number of halogens is 1. The van der Waals surface area contributed by atoms with E-state index < -0.39 is 0 Å². The third-order valence-electron chi connectivity index (χ3n) is 7.52. The maximum atomic E-state index is 3.55. The van der Waals surface area contributed by atoms with E-state index in [0.717, 1.165) is 21.5 Å². The monoisotopic (exact) mass is 575 g/mol. The summed E-state index contributed by atoms with van der Waals surface area (Å²) in [5.41, 5.74) is 8.26. The first-order chi connectivity index (χ1) is 19.7. The van der Waals surface area contributed by atoms with E-state index in [9.17, 15) is 0 Å². The zero-order valence-corrected chi connectivity index (χ0v) is 23.4. The molecule has 0 heterocycles. The minimum Gasteiger partial charge on any atom is -0.310 e. The van der Waals surface area contributed by atoms with E-state index in [1.165, 1.54) is 43.8 Å². The molecule has 0 aromatic heterocycles. The van der Waals surface area contributed by atoms with Gasteiger partial charge in [0.2, 0.25) is 0 Å². The molecule has 7 rings (SSSR count). The Morgan fingerprint density at radius 3 is 1.75 bits per heavy atom. The van der Waals surface area contributed by atoms with Crippen LogP contribution in [0.1, 0.15) is 0 Å². The smallest absolute Gasteiger partial charge is 0.0540 e. The molecule has 2 heteroatoms. The highest BCUT2D eigenvalue weighted by atomic mass is 79.9. The van der Waals surface area contributed by atoms with Gasteiger partial charge in [0.1, 0.15) is 0 Å². The first-order valence-electron chi connectivity index (χ1n) is 13.5. The van der Waals surface area contributed by atoms with Crippen LogP contribution in [-0.2, 0) is 0 Å². The molecule has 40 heavy (non-hydrogen) atoms. The van der Waals surface area contributed by atoms with Gasteiger partial charge in [-0.2, -0.15) is 0 Å². The highest BCUT2D eigenvalue weighted by molar-refractivity contribution is 9.10. The Labute approximate surface area is 243 Å². The minimum atomic E-state index is 1.08. The van der Waals surface area contributed by atoms with Crippen molar-refractivity contribution in [3.63, 3.8) is 0 Å². The molecule has 0 aliphatic heterocycles. The molecule has 0 aliphatic carbocycles. The molecule has 0 unspecified atom stereocenters. The van der Waals surface area contributed by atoms with Crippen LogP contribution >= 0.6 is 15.9 Å². The van der Waals surface area contributed by atoms with Crippen molar-refractivity contribution in [2.75, 3.05) is 4.90 Å². The maximum absolute atomic E-state index is 3.55.